The van der Waals surface area contributed by atoms with Gasteiger partial charge in [-0.1, -0.05) is 12.1 Å². The zero-order chi connectivity index (χ0) is 17.5. The molecule has 0 spiro atoms. The van der Waals surface area contributed by atoms with Gasteiger partial charge in [-0.25, -0.2) is 5.43 Å². The monoisotopic (exact) mass is 327 g/mol. The molecular weight excluding hydrogens is 306 g/mol. The molecule has 0 saturated heterocycles. The highest BCUT2D eigenvalue weighted by Crippen LogP contribution is 2.23. The number of para-hydroxylation sites is 1. The van der Waals surface area contributed by atoms with Crippen LogP contribution in [0.1, 0.15) is 29.8 Å². The Labute approximate surface area is 141 Å². The van der Waals surface area contributed by atoms with E-state index in [9.17, 15) is 15.0 Å². The highest BCUT2D eigenvalue weighted by Gasteiger charge is 2.09. The second-order valence-corrected chi connectivity index (χ2v) is 5.13. The van der Waals surface area contributed by atoms with Crippen LogP contribution in [0.5, 0.6) is 11.5 Å². The van der Waals surface area contributed by atoms with Crippen molar-refractivity contribution in [3.05, 3.63) is 53.6 Å². The number of amides is 1. The van der Waals surface area contributed by atoms with Crippen molar-refractivity contribution in [1.29, 1.82) is 0 Å². The van der Waals surface area contributed by atoms with Gasteiger partial charge in [0.05, 0.1) is 11.8 Å². The maximum atomic E-state index is 11.9. The van der Waals surface area contributed by atoms with Crippen LogP contribution in [-0.4, -0.2) is 35.4 Å². The number of hydrogen-bond donors (Lipinski definition) is 3. The number of carbonyl (C=O) groups excluding carboxylic acids is 1. The van der Waals surface area contributed by atoms with E-state index in [1.807, 2.05) is 19.9 Å². The quantitative estimate of drug-likeness (QED) is 0.562. The van der Waals surface area contributed by atoms with Crippen molar-refractivity contribution in [3.8, 4) is 11.5 Å². The largest absolute Gasteiger partial charge is 0.507 e. The highest BCUT2D eigenvalue weighted by molar-refractivity contribution is 5.97. The molecule has 0 fully saturated rings. The first-order valence-electron chi connectivity index (χ1n) is 7.76. The third-order valence-electron chi connectivity index (χ3n) is 3.66. The Balaban J connectivity index is 2.07. The van der Waals surface area contributed by atoms with E-state index in [0.29, 0.717) is 5.56 Å². The Hall–Kier alpha value is -3.02. The molecule has 2 aromatic carbocycles. The van der Waals surface area contributed by atoms with Crippen LogP contribution in [-0.2, 0) is 0 Å². The number of nitrogens with one attached hydrogen (secondary N) is 1. The Bertz CT molecular complexity index is 740. The van der Waals surface area contributed by atoms with Crippen molar-refractivity contribution in [2.45, 2.75) is 13.8 Å². The molecule has 0 aliphatic carbocycles. The molecule has 0 aromatic heterocycles. The molecular formula is C18H21N3O3. The highest BCUT2D eigenvalue weighted by atomic mass is 16.3. The molecule has 0 bridgehead atoms. The minimum atomic E-state index is -0.524. The Morgan fingerprint density at radius 1 is 1.12 bits per heavy atom. The van der Waals surface area contributed by atoms with Crippen molar-refractivity contribution < 1.29 is 15.0 Å². The third-order valence-corrected chi connectivity index (χ3v) is 3.66. The number of hydrogen-bond acceptors (Lipinski definition) is 5. The van der Waals surface area contributed by atoms with Gasteiger partial charge < -0.3 is 15.1 Å². The summed E-state index contributed by atoms with van der Waals surface area (Å²) in [6, 6.07) is 11.5. The van der Waals surface area contributed by atoms with Gasteiger partial charge in [-0.2, -0.15) is 5.10 Å². The van der Waals surface area contributed by atoms with E-state index >= 15 is 0 Å². The summed E-state index contributed by atoms with van der Waals surface area (Å²) in [5.41, 5.74) is 3.87. The van der Waals surface area contributed by atoms with E-state index in [2.05, 4.69) is 15.4 Å². The summed E-state index contributed by atoms with van der Waals surface area (Å²) in [6.07, 6.45) is 1.36. The molecule has 2 rings (SSSR count). The fourth-order valence-electron chi connectivity index (χ4n) is 2.31. The number of phenolic OH excluding ortho intramolecular Hbond substituents is 2. The summed E-state index contributed by atoms with van der Waals surface area (Å²) >= 11 is 0. The maximum Gasteiger partial charge on any atom is 0.275 e. The summed E-state index contributed by atoms with van der Waals surface area (Å²) in [7, 11) is 0. The predicted molar refractivity (Wildman–Crippen MR) is 94.8 cm³/mol. The molecule has 0 aliphatic rings. The van der Waals surface area contributed by atoms with Gasteiger partial charge in [0.25, 0.3) is 5.91 Å². The van der Waals surface area contributed by atoms with E-state index in [4.69, 9.17) is 0 Å². The minimum Gasteiger partial charge on any atom is -0.507 e. The Kier molecular flexibility index (Phi) is 5.78. The lowest BCUT2D eigenvalue weighted by atomic mass is 10.2. The Morgan fingerprint density at radius 2 is 1.83 bits per heavy atom. The topological polar surface area (TPSA) is 85.2 Å². The molecule has 0 heterocycles. The summed E-state index contributed by atoms with van der Waals surface area (Å²) in [5, 5.41) is 23.5. The molecule has 6 heteroatoms. The molecule has 1 amide bonds. The van der Waals surface area contributed by atoms with Crippen LogP contribution < -0.4 is 10.3 Å². The van der Waals surface area contributed by atoms with Crippen LogP contribution >= 0.6 is 0 Å². The van der Waals surface area contributed by atoms with E-state index in [0.717, 1.165) is 18.8 Å². The van der Waals surface area contributed by atoms with Crippen molar-refractivity contribution in [3.63, 3.8) is 0 Å². The lowest BCUT2D eigenvalue weighted by Gasteiger charge is -2.21. The number of hydrazone groups is 1. The second kappa shape index (κ2) is 8.01. The fraction of sp³-hybridized carbons (Fsp3) is 0.222. The van der Waals surface area contributed by atoms with E-state index in [1.165, 1.54) is 18.3 Å². The van der Waals surface area contributed by atoms with E-state index in [-0.39, 0.29) is 17.1 Å². The van der Waals surface area contributed by atoms with Crippen molar-refractivity contribution in [2.24, 2.45) is 5.10 Å². The first-order chi connectivity index (χ1) is 11.6. The van der Waals surface area contributed by atoms with Crippen LogP contribution in [0.3, 0.4) is 0 Å². The van der Waals surface area contributed by atoms with E-state index < -0.39 is 5.91 Å². The van der Waals surface area contributed by atoms with Gasteiger partial charge in [0.1, 0.15) is 11.5 Å². The Morgan fingerprint density at radius 3 is 2.46 bits per heavy atom. The summed E-state index contributed by atoms with van der Waals surface area (Å²) in [6.45, 7) is 5.79. The average Bonchev–Trinajstić information content (AvgIpc) is 2.58. The van der Waals surface area contributed by atoms with Crippen LogP contribution in [0, 0.1) is 0 Å². The SMILES string of the molecule is CCN(CC)c1ccc(/C=N\NC(=O)c2ccccc2O)c(O)c1. The number of nitrogens with zero attached hydrogens (tertiary/aromatic N) is 2. The van der Waals surface area contributed by atoms with Crippen LogP contribution in [0.2, 0.25) is 0 Å². The number of rotatable bonds is 6. The van der Waals surface area contributed by atoms with E-state index in [1.54, 1.807) is 24.3 Å². The van der Waals surface area contributed by atoms with Gasteiger partial charge in [0.2, 0.25) is 0 Å². The smallest absolute Gasteiger partial charge is 0.275 e. The standard InChI is InChI=1S/C18H21N3O3/c1-3-21(4-2)14-10-9-13(17(23)11-14)12-19-20-18(24)15-7-5-6-8-16(15)22/h5-12,22-23H,3-4H2,1-2H3,(H,20,24)/b19-12-. The minimum absolute atomic E-state index is 0.0833. The summed E-state index contributed by atoms with van der Waals surface area (Å²) in [5.74, 6) is -0.555. The molecule has 0 saturated carbocycles. The molecule has 6 nitrogen and oxygen atoms in total. The maximum absolute atomic E-state index is 11.9. The summed E-state index contributed by atoms with van der Waals surface area (Å²) in [4.78, 5) is 14.0. The van der Waals surface area contributed by atoms with Gasteiger partial charge in [0.15, 0.2) is 0 Å². The van der Waals surface area contributed by atoms with Gasteiger partial charge >= 0.3 is 0 Å². The van der Waals surface area contributed by atoms with Gasteiger partial charge in [-0.05, 0) is 38.1 Å². The first kappa shape index (κ1) is 17.3. The van der Waals surface area contributed by atoms with Gasteiger partial charge in [-0.3, -0.25) is 4.79 Å². The molecule has 0 atom stereocenters. The molecule has 0 aliphatic heterocycles. The number of benzene rings is 2. The van der Waals surface area contributed by atoms with Gasteiger partial charge in [-0.15, -0.1) is 0 Å². The zero-order valence-corrected chi connectivity index (χ0v) is 13.7. The fourth-order valence-corrected chi connectivity index (χ4v) is 2.31. The van der Waals surface area contributed by atoms with Crippen molar-refractivity contribution in [2.75, 3.05) is 18.0 Å². The molecule has 0 radical (unpaired) electrons. The van der Waals surface area contributed by atoms with Crippen molar-refractivity contribution in [1.82, 2.24) is 5.43 Å². The number of phenols is 2. The lowest BCUT2D eigenvalue weighted by Crippen LogP contribution is -2.21. The summed E-state index contributed by atoms with van der Waals surface area (Å²) < 4.78 is 0. The average molecular weight is 327 g/mol. The van der Waals surface area contributed by atoms with Crippen LogP contribution in [0.25, 0.3) is 0 Å². The van der Waals surface area contributed by atoms with Crippen LogP contribution in [0.15, 0.2) is 47.6 Å². The lowest BCUT2D eigenvalue weighted by molar-refractivity contribution is 0.0952. The first-order valence-corrected chi connectivity index (χ1v) is 7.76. The number of anilines is 1. The second-order valence-electron chi connectivity index (χ2n) is 5.13. The molecule has 3 N–H and O–H groups in total. The normalized spacial score (nSPS) is 10.8. The molecule has 0 unspecified atom stereocenters. The molecule has 2 aromatic rings. The molecule has 24 heavy (non-hydrogen) atoms. The number of carbonyl (C=O) groups is 1. The molecule has 126 valence electrons. The third kappa shape index (κ3) is 4.04. The van der Waals surface area contributed by atoms with Crippen molar-refractivity contribution >= 4 is 17.8 Å². The number of aromatic hydroxyl groups is 2. The van der Waals surface area contributed by atoms with Crippen LogP contribution in [0.4, 0.5) is 5.69 Å². The predicted octanol–water partition coefficient (Wildman–Crippen LogP) is 2.71. The van der Waals surface area contributed by atoms with Gasteiger partial charge in [0, 0.05) is 30.4 Å². The zero-order valence-electron chi connectivity index (χ0n) is 13.7.